The quantitative estimate of drug-likeness (QED) is 0.822. The number of piperidine rings is 1. The fourth-order valence-corrected chi connectivity index (χ4v) is 3.28. The molecule has 0 aliphatic carbocycles. The molecule has 0 aromatic carbocycles. The molecule has 3 atom stereocenters. The van der Waals surface area contributed by atoms with Crippen molar-refractivity contribution < 1.29 is 9.59 Å². The highest BCUT2D eigenvalue weighted by Gasteiger charge is 2.36. The van der Waals surface area contributed by atoms with E-state index in [-0.39, 0.29) is 42.2 Å². The molecule has 3 unspecified atom stereocenters. The average molecular weight is 318 g/mol. The topological polar surface area (TPSA) is 61.4 Å². The Morgan fingerprint density at radius 3 is 2.62 bits per heavy atom. The third-order valence-electron chi connectivity index (χ3n) is 4.44. The van der Waals surface area contributed by atoms with Crippen LogP contribution in [0.3, 0.4) is 0 Å². The molecule has 2 heterocycles. The van der Waals surface area contributed by atoms with Gasteiger partial charge < -0.3 is 15.5 Å². The number of carbonyl (C=O) groups is 2. The Kier molecular flexibility index (Phi) is 6.94. The van der Waals surface area contributed by atoms with E-state index in [9.17, 15) is 9.59 Å². The number of hydrogen-bond donors (Lipinski definition) is 2. The third-order valence-corrected chi connectivity index (χ3v) is 4.44. The first-order valence-corrected chi connectivity index (χ1v) is 7.84. The molecule has 0 spiro atoms. The highest BCUT2D eigenvalue weighted by atomic mass is 35.5. The predicted molar refractivity (Wildman–Crippen MR) is 85.5 cm³/mol. The molecule has 2 N–H and O–H groups in total. The molecule has 0 saturated carbocycles. The lowest BCUT2D eigenvalue weighted by Crippen LogP contribution is -2.57. The van der Waals surface area contributed by atoms with E-state index in [0.717, 1.165) is 25.8 Å². The van der Waals surface area contributed by atoms with Crippen molar-refractivity contribution >= 4 is 24.2 Å². The molecular formula is C15H28ClN3O2. The summed E-state index contributed by atoms with van der Waals surface area (Å²) in [6.07, 6.45) is 3.55. The highest BCUT2D eigenvalue weighted by Crippen LogP contribution is 2.20. The van der Waals surface area contributed by atoms with E-state index >= 15 is 0 Å². The van der Waals surface area contributed by atoms with Gasteiger partial charge in [-0.1, -0.05) is 13.8 Å². The van der Waals surface area contributed by atoms with Crippen molar-refractivity contribution in [3.8, 4) is 0 Å². The maximum atomic E-state index is 12.6. The van der Waals surface area contributed by atoms with E-state index in [0.29, 0.717) is 19.0 Å². The second kappa shape index (κ2) is 7.99. The van der Waals surface area contributed by atoms with Gasteiger partial charge in [0.05, 0.1) is 0 Å². The van der Waals surface area contributed by atoms with Crippen LogP contribution in [0.5, 0.6) is 0 Å². The number of rotatable bonds is 4. The van der Waals surface area contributed by atoms with Gasteiger partial charge in [0.15, 0.2) is 0 Å². The van der Waals surface area contributed by atoms with Crippen LogP contribution in [0.4, 0.5) is 0 Å². The maximum Gasteiger partial charge on any atom is 0.243 e. The molecule has 2 aliphatic heterocycles. The minimum absolute atomic E-state index is 0. The summed E-state index contributed by atoms with van der Waals surface area (Å²) in [6, 6.07) is 0.157. The number of nitrogens with zero attached hydrogens (tertiary/aromatic N) is 1. The van der Waals surface area contributed by atoms with E-state index in [2.05, 4.69) is 17.6 Å². The van der Waals surface area contributed by atoms with E-state index in [1.54, 1.807) is 4.90 Å². The van der Waals surface area contributed by atoms with Gasteiger partial charge in [-0.3, -0.25) is 9.59 Å². The van der Waals surface area contributed by atoms with Gasteiger partial charge in [-0.15, -0.1) is 12.4 Å². The van der Waals surface area contributed by atoms with Gasteiger partial charge in [0.25, 0.3) is 0 Å². The monoisotopic (exact) mass is 317 g/mol. The lowest BCUT2D eigenvalue weighted by molar-refractivity contribution is -0.139. The van der Waals surface area contributed by atoms with Gasteiger partial charge in [-0.2, -0.15) is 0 Å². The van der Waals surface area contributed by atoms with E-state index < -0.39 is 0 Å². The van der Waals surface area contributed by atoms with Crippen LogP contribution < -0.4 is 10.6 Å². The summed E-state index contributed by atoms with van der Waals surface area (Å²) in [5.74, 6) is 0.272. The number of nitrogens with one attached hydrogen (secondary N) is 2. The molecule has 2 rings (SSSR count). The molecule has 0 bridgehead atoms. The molecule has 2 saturated heterocycles. The van der Waals surface area contributed by atoms with Gasteiger partial charge in [0.2, 0.25) is 11.8 Å². The Labute approximate surface area is 133 Å². The number of carbonyl (C=O) groups excluding carboxylic acids is 2. The average Bonchev–Trinajstić information content (AvgIpc) is 2.78. The first-order valence-electron chi connectivity index (χ1n) is 7.84. The zero-order valence-electron chi connectivity index (χ0n) is 13.2. The van der Waals surface area contributed by atoms with Crippen LogP contribution in [0.25, 0.3) is 0 Å². The van der Waals surface area contributed by atoms with Gasteiger partial charge in [-0.05, 0) is 38.6 Å². The number of halogens is 1. The Balaban J connectivity index is 0.00000220. The summed E-state index contributed by atoms with van der Waals surface area (Å²) in [5.41, 5.74) is 0. The maximum absolute atomic E-state index is 12.6. The van der Waals surface area contributed by atoms with Gasteiger partial charge in [-0.25, -0.2) is 0 Å². The van der Waals surface area contributed by atoms with Crippen molar-refractivity contribution in [2.45, 2.75) is 64.6 Å². The molecule has 5 nitrogen and oxygen atoms in total. The second-order valence-corrected chi connectivity index (χ2v) is 6.38. The number of amides is 2. The van der Waals surface area contributed by atoms with Crippen LogP contribution in [0, 0.1) is 5.92 Å². The number of hydrogen-bond acceptors (Lipinski definition) is 3. The van der Waals surface area contributed by atoms with Crippen LogP contribution in [0.15, 0.2) is 0 Å². The molecule has 0 aromatic heterocycles. The fourth-order valence-electron chi connectivity index (χ4n) is 3.28. The first kappa shape index (κ1) is 18.2. The van der Waals surface area contributed by atoms with Crippen LogP contribution >= 0.6 is 12.4 Å². The molecule has 2 fully saturated rings. The van der Waals surface area contributed by atoms with Crippen LogP contribution in [0.1, 0.15) is 46.5 Å². The van der Waals surface area contributed by atoms with Crippen molar-refractivity contribution in [1.82, 2.24) is 15.5 Å². The lowest BCUT2D eigenvalue weighted by atomic mass is 9.97. The van der Waals surface area contributed by atoms with Crippen LogP contribution in [-0.4, -0.2) is 47.9 Å². The minimum atomic E-state index is -0.320. The zero-order valence-corrected chi connectivity index (χ0v) is 14.0. The Morgan fingerprint density at radius 1 is 1.38 bits per heavy atom. The molecule has 0 aromatic rings. The van der Waals surface area contributed by atoms with Crippen molar-refractivity contribution in [2.24, 2.45) is 5.92 Å². The Hall–Kier alpha value is -0.810. The van der Waals surface area contributed by atoms with Crippen LogP contribution in [-0.2, 0) is 9.59 Å². The normalized spacial score (nSPS) is 27.4. The predicted octanol–water partition coefficient (Wildman–Crippen LogP) is 1.31. The molecule has 21 heavy (non-hydrogen) atoms. The van der Waals surface area contributed by atoms with E-state index in [1.165, 1.54) is 0 Å². The van der Waals surface area contributed by atoms with Crippen molar-refractivity contribution in [2.75, 3.05) is 13.1 Å². The summed E-state index contributed by atoms with van der Waals surface area (Å²) < 4.78 is 0. The zero-order chi connectivity index (χ0) is 14.7. The summed E-state index contributed by atoms with van der Waals surface area (Å²) in [7, 11) is 0. The molecule has 6 heteroatoms. The standard InChI is InChI=1S/C15H27N3O2.ClH/c1-10(2)14(18-9-5-7-13(18)19)15(20)17-12-6-4-8-16-11(12)3;/h10-12,14,16H,4-9H2,1-3H3,(H,17,20);1H. The minimum Gasteiger partial charge on any atom is -0.350 e. The van der Waals surface area contributed by atoms with E-state index in [1.807, 2.05) is 13.8 Å². The largest absolute Gasteiger partial charge is 0.350 e. The van der Waals surface area contributed by atoms with Gasteiger partial charge >= 0.3 is 0 Å². The van der Waals surface area contributed by atoms with Crippen molar-refractivity contribution in [3.63, 3.8) is 0 Å². The highest BCUT2D eigenvalue weighted by molar-refractivity contribution is 5.89. The first-order chi connectivity index (χ1) is 9.50. The van der Waals surface area contributed by atoms with E-state index in [4.69, 9.17) is 0 Å². The van der Waals surface area contributed by atoms with Gasteiger partial charge in [0, 0.05) is 25.0 Å². The summed E-state index contributed by atoms with van der Waals surface area (Å²) in [4.78, 5) is 26.3. The molecule has 2 aliphatic rings. The SMILES string of the molecule is CC(C)C(C(=O)NC1CCCNC1C)N1CCCC1=O.Cl. The molecule has 2 amide bonds. The molecule has 122 valence electrons. The summed E-state index contributed by atoms with van der Waals surface area (Å²) in [5, 5.41) is 6.54. The Bertz CT molecular complexity index is 376. The third kappa shape index (κ3) is 4.33. The summed E-state index contributed by atoms with van der Waals surface area (Å²) >= 11 is 0. The second-order valence-electron chi connectivity index (χ2n) is 6.38. The lowest BCUT2D eigenvalue weighted by Gasteiger charge is -2.35. The molecular weight excluding hydrogens is 290 g/mol. The summed E-state index contributed by atoms with van der Waals surface area (Å²) in [6.45, 7) is 7.87. The van der Waals surface area contributed by atoms with Crippen LogP contribution in [0.2, 0.25) is 0 Å². The smallest absolute Gasteiger partial charge is 0.243 e. The fraction of sp³-hybridized carbons (Fsp3) is 0.867. The van der Waals surface area contributed by atoms with Crippen molar-refractivity contribution in [3.05, 3.63) is 0 Å². The van der Waals surface area contributed by atoms with Crippen molar-refractivity contribution in [1.29, 1.82) is 0 Å². The van der Waals surface area contributed by atoms with Gasteiger partial charge in [0.1, 0.15) is 6.04 Å². The number of likely N-dealkylation sites (tertiary alicyclic amines) is 1. The molecule has 0 radical (unpaired) electrons. The Morgan fingerprint density at radius 2 is 2.10 bits per heavy atom.